The number of hydrogen-bond acceptors (Lipinski definition) is 2. The lowest BCUT2D eigenvalue weighted by Crippen LogP contribution is -2.25. The first-order valence-electron chi connectivity index (χ1n) is 1.87. The van der Waals surface area contributed by atoms with Crippen molar-refractivity contribution in [2.45, 2.75) is 0 Å². The van der Waals surface area contributed by atoms with Crippen LogP contribution >= 0.6 is 0 Å². The summed E-state index contributed by atoms with van der Waals surface area (Å²) in [5.41, 5.74) is 0. The van der Waals surface area contributed by atoms with Gasteiger partial charge in [0.05, 0.1) is 0 Å². The van der Waals surface area contributed by atoms with Gasteiger partial charge in [-0.05, 0) is 6.08 Å². The third kappa shape index (κ3) is 2.89. The minimum absolute atomic E-state index is 0.211. The fourth-order valence-electron chi connectivity index (χ4n) is 0.166. The molecule has 0 rings (SSSR count). The van der Waals surface area contributed by atoms with Crippen LogP contribution in [0.5, 0.6) is 0 Å². The van der Waals surface area contributed by atoms with E-state index >= 15 is 0 Å². The van der Waals surface area contributed by atoms with Crippen LogP contribution in [0, 0.1) is 5.41 Å². The normalized spacial score (nSPS) is 7.50. The highest BCUT2D eigenvalue weighted by Gasteiger charge is 1.92. The van der Waals surface area contributed by atoms with Gasteiger partial charge in [0.25, 0.3) is 0 Å². The molecule has 0 unspecified atom stereocenters. The zero-order valence-electron chi connectivity index (χ0n) is 4.14. The second-order valence-corrected chi connectivity index (χ2v) is 1.05. The Balaban J connectivity index is 3.55. The average Bonchev–Trinajstić information content (AvgIpc) is 1.65. The van der Waals surface area contributed by atoms with Gasteiger partial charge in [0, 0.05) is 0 Å². The molecule has 4 heteroatoms. The van der Waals surface area contributed by atoms with E-state index in [-0.39, 0.29) is 5.84 Å². The fraction of sp³-hybridized carbons (Fsp3) is 0. The quantitative estimate of drug-likeness (QED) is 0.341. The topological polar surface area (TPSA) is 73.2 Å². The van der Waals surface area contributed by atoms with Gasteiger partial charge in [-0.2, -0.15) is 0 Å². The Hall–Kier alpha value is -1.32. The van der Waals surface area contributed by atoms with Crippen molar-refractivity contribution < 1.29 is 9.90 Å². The Morgan fingerprint density at radius 2 is 2.38 bits per heavy atom. The second-order valence-electron chi connectivity index (χ2n) is 1.05. The molecule has 3 N–H and O–H groups in total. The predicted octanol–water partition coefficient (Wildman–Crippen LogP) is 0.417. The molecule has 44 valence electrons. The lowest BCUT2D eigenvalue weighted by atomic mass is 10.6. The van der Waals surface area contributed by atoms with Crippen LogP contribution in [-0.4, -0.2) is 17.0 Å². The van der Waals surface area contributed by atoms with Crippen molar-refractivity contribution >= 4 is 11.9 Å². The van der Waals surface area contributed by atoms with Crippen LogP contribution in [0.2, 0.25) is 0 Å². The van der Waals surface area contributed by atoms with Crippen LogP contribution in [0.25, 0.3) is 0 Å². The number of nitrogens with one attached hydrogen (secondary N) is 2. The summed E-state index contributed by atoms with van der Waals surface area (Å²) in [7, 11) is 0. The van der Waals surface area contributed by atoms with Gasteiger partial charge in [0.15, 0.2) is 0 Å². The lowest BCUT2D eigenvalue weighted by Gasteiger charge is -1.92. The Morgan fingerprint density at radius 1 is 1.88 bits per heavy atom. The molecule has 0 spiro atoms. The molecule has 0 saturated carbocycles. The van der Waals surface area contributed by atoms with E-state index in [1.165, 1.54) is 0 Å². The molecule has 8 heavy (non-hydrogen) atoms. The van der Waals surface area contributed by atoms with E-state index in [4.69, 9.17) is 10.5 Å². The summed E-state index contributed by atoms with van der Waals surface area (Å²) in [6.45, 7) is 3.16. The zero-order chi connectivity index (χ0) is 6.57. The van der Waals surface area contributed by atoms with Crippen LogP contribution in [0.3, 0.4) is 0 Å². The largest absolute Gasteiger partial charge is 0.465 e. The van der Waals surface area contributed by atoms with Crippen LogP contribution < -0.4 is 5.32 Å². The van der Waals surface area contributed by atoms with E-state index in [1.807, 2.05) is 0 Å². The third-order valence-corrected chi connectivity index (χ3v) is 0.446. The van der Waals surface area contributed by atoms with Crippen LogP contribution in [0.15, 0.2) is 12.7 Å². The maximum Gasteiger partial charge on any atom is 0.410 e. The van der Waals surface area contributed by atoms with Gasteiger partial charge >= 0.3 is 6.09 Å². The monoisotopic (exact) mass is 114 g/mol. The van der Waals surface area contributed by atoms with Crippen molar-refractivity contribution in [2.75, 3.05) is 0 Å². The summed E-state index contributed by atoms with van der Waals surface area (Å²) in [4.78, 5) is 9.67. The van der Waals surface area contributed by atoms with Crippen LogP contribution in [0.1, 0.15) is 0 Å². The first kappa shape index (κ1) is 6.68. The van der Waals surface area contributed by atoms with Gasteiger partial charge in [-0.25, -0.2) is 4.79 Å². The minimum Gasteiger partial charge on any atom is -0.465 e. The van der Waals surface area contributed by atoms with Gasteiger partial charge in [-0.3, -0.25) is 10.7 Å². The van der Waals surface area contributed by atoms with Crippen molar-refractivity contribution in [2.24, 2.45) is 0 Å². The number of carbonyl (C=O) groups is 1. The van der Waals surface area contributed by atoms with E-state index in [2.05, 4.69) is 6.58 Å². The summed E-state index contributed by atoms with van der Waals surface area (Å²) < 4.78 is 0. The summed E-state index contributed by atoms with van der Waals surface area (Å²) >= 11 is 0. The summed E-state index contributed by atoms with van der Waals surface area (Å²) in [6.07, 6.45) is -0.136. The molecule has 0 aromatic heterocycles. The van der Waals surface area contributed by atoms with Gasteiger partial charge in [0.2, 0.25) is 0 Å². The molecular weight excluding hydrogens is 108 g/mol. The molecule has 0 aliphatic heterocycles. The number of hydrogen-bond donors (Lipinski definition) is 3. The average molecular weight is 114 g/mol. The van der Waals surface area contributed by atoms with Crippen LogP contribution in [0.4, 0.5) is 4.79 Å². The molecule has 0 aromatic rings. The first-order valence-corrected chi connectivity index (χ1v) is 1.87. The lowest BCUT2D eigenvalue weighted by molar-refractivity contribution is 0.200. The Labute approximate surface area is 46.3 Å². The molecule has 0 bridgehead atoms. The minimum atomic E-state index is -1.24. The molecular formula is C4H6N2O2. The van der Waals surface area contributed by atoms with E-state index in [0.29, 0.717) is 0 Å². The molecule has 0 aliphatic rings. The molecule has 0 aliphatic carbocycles. The first-order chi connectivity index (χ1) is 3.66. The Bertz CT molecular complexity index is 130. The maximum absolute atomic E-state index is 9.67. The van der Waals surface area contributed by atoms with E-state index in [9.17, 15) is 4.79 Å². The van der Waals surface area contributed by atoms with Crippen molar-refractivity contribution in [1.82, 2.24) is 5.32 Å². The molecule has 0 fully saturated rings. The number of carboxylic acid groups (broad SMARTS) is 1. The number of rotatable bonds is 1. The standard InChI is InChI=1S/C4H6N2O2/c1-2-3(5)6-4(7)8/h2H,1H2,(H2,5,6)(H,7,8). The van der Waals surface area contributed by atoms with Crippen molar-refractivity contribution in [3.05, 3.63) is 12.7 Å². The number of amides is 1. The molecule has 0 aromatic carbocycles. The smallest absolute Gasteiger partial charge is 0.410 e. The summed E-state index contributed by atoms with van der Waals surface area (Å²) in [6, 6.07) is 0. The Kier molecular flexibility index (Phi) is 2.33. The Morgan fingerprint density at radius 3 is 2.50 bits per heavy atom. The SMILES string of the molecule is C=CC(=N)NC(=O)O. The van der Waals surface area contributed by atoms with E-state index < -0.39 is 6.09 Å². The van der Waals surface area contributed by atoms with Gasteiger partial charge in [0.1, 0.15) is 5.84 Å². The maximum atomic E-state index is 9.67. The molecule has 1 amide bonds. The van der Waals surface area contributed by atoms with Gasteiger partial charge in [-0.1, -0.05) is 6.58 Å². The van der Waals surface area contributed by atoms with Crippen molar-refractivity contribution in [1.29, 1.82) is 5.41 Å². The van der Waals surface area contributed by atoms with Crippen LogP contribution in [-0.2, 0) is 0 Å². The molecule has 0 saturated heterocycles. The summed E-state index contributed by atoms with van der Waals surface area (Å²) in [5.74, 6) is -0.211. The molecule has 0 radical (unpaired) electrons. The van der Waals surface area contributed by atoms with E-state index in [0.717, 1.165) is 6.08 Å². The third-order valence-electron chi connectivity index (χ3n) is 0.446. The highest BCUT2D eigenvalue weighted by atomic mass is 16.4. The predicted molar refractivity (Wildman–Crippen MR) is 29.1 cm³/mol. The molecule has 4 nitrogen and oxygen atoms in total. The van der Waals surface area contributed by atoms with Gasteiger partial charge in [-0.15, -0.1) is 0 Å². The van der Waals surface area contributed by atoms with Crippen molar-refractivity contribution in [3.63, 3.8) is 0 Å². The highest BCUT2D eigenvalue weighted by molar-refractivity contribution is 5.99. The molecule has 0 atom stereocenters. The van der Waals surface area contributed by atoms with Gasteiger partial charge < -0.3 is 5.11 Å². The number of amidine groups is 1. The highest BCUT2D eigenvalue weighted by Crippen LogP contribution is 1.65. The molecule has 0 heterocycles. The fourth-order valence-corrected chi connectivity index (χ4v) is 0.166. The summed E-state index contributed by atoms with van der Waals surface area (Å²) in [5, 5.41) is 16.3. The second kappa shape index (κ2) is 2.79. The van der Waals surface area contributed by atoms with E-state index in [1.54, 1.807) is 5.32 Å². The zero-order valence-corrected chi connectivity index (χ0v) is 4.14. The van der Waals surface area contributed by atoms with Crippen molar-refractivity contribution in [3.8, 4) is 0 Å².